The summed E-state index contributed by atoms with van der Waals surface area (Å²) in [4.78, 5) is 8.32. The zero-order valence-electron chi connectivity index (χ0n) is 7.90. The van der Waals surface area contributed by atoms with Crippen molar-refractivity contribution in [3.05, 3.63) is 22.1 Å². The fourth-order valence-corrected chi connectivity index (χ4v) is 2.08. The molecule has 0 saturated heterocycles. The molecule has 0 amide bonds. The van der Waals surface area contributed by atoms with Crippen LogP contribution in [0.3, 0.4) is 0 Å². The number of ether oxygens (including phenoxy) is 1. The van der Waals surface area contributed by atoms with Crippen molar-refractivity contribution in [1.82, 2.24) is 9.97 Å². The van der Waals surface area contributed by atoms with Crippen molar-refractivity contribution in [2.75, 3.05) is 12.8 Å². The van der Waals surface area contributed by atoms with Crippen LogP contribution in [0.4, 0.5) is 5.13 Å². The maximum atomic E-state index is 5.58. The number of thiazole rings is 1. The third-order valence-electron chi connectivity index (χ3n) is 1.81. The van der Waals surface area contributed by atoms with Crippen LogP contribution in [-0.2, 0) is 0 Å². The Labute approximate surface area is 99.3 Å². The normalized spacial score (nSPS) is 10.3. The highest BCUT2D eigenvalue weighted by atomic mass is 79.9. The van der Waals surface area contributed by atoms with Crippen molar-refractivity contribution in [2.24, 2.45) is 0 Å². The van der Waals surface area contributed by atoms with Crippen molar-refractivity contribution in [2.45, 2.75) is 0 Å². The molecule has 0 aromatic carbocycles. The Morgan fingerprint density at radius 1 is 1.53 bits per heavy atom. The fourth-order valence-electron chi connectivity index (χ4n) is 1.18. The summed E-state index contributed by atoms with van der Waals surface area (Å²) in [5, 5.41) is 2.41. The van der Waals surface area contributed by atoms with Crippen molar-refractivity contribution in [3.8, 4) is 17.1 Å². The van der Waals surface area contributed by atoms with Gasteiger partial charge in [0.1, 0.15) is 0 Å². The lowest BCUT2D eigenvalue weighted by molar-refractivity contribution is 0.399. The highest BCUT2D eigenvalue weighted by Gasteiger charge is 2.10. The second-order valence-electron chi connectivity index (χ2n) is 2.78. The molecule has 2 N–H and O–H groups in total. The molecule has 0 aliphatic carbocycles. The van der Waals surface area contributed by atoms with E-state index in [0.717, 1.165) is 15.7 Å². The van der Waals surface area contributed by atoms with Gasteiger partial charge in [0.05, 0.1) is 18.4 Å². The van der Waals surface area contributed by atoms with Crippen molar-refractivity contribution >= 4 is 32.4 Å². The summed E-state index contributed by atoms with van der Waals surface area (Å²) >= 11 is 4.75. The Hall–Kier alpha value is -1.14. The third kappa shape index (κ3) is 2.10. The van der Waals surface area contributed by atoms with Crippen LogP contribution in [0, 0.1) is 0 Å². The number of hydrogen-bond donors (Lipinski definition) is 1. The summed E-state index contributed by atoms with van der Waals surface area (Å²) < 4.78 is 6.04. The maximum absolute atomic E-state index is 5.58. The van der Waals surface area contributed by atoms with Gasteiger partial charge in [-0.2, -0.15) is 0 Å². The van der Waals surface area contributed by atoms with Crippen molar-refractivity contribution < 1.29 is 4.74 Å². The molecular formula is C9H8BrN3OS. The number of anilines is 1. The number of nitrogens with two attached hydrogens (primary N) is 1. The van der Waals surface area contributed by atoms with E-state index in [1.807, 2.05) is 11.4 Å². The first-order valence-electron chi connectivity index (χ1n) is 4.11. The van der Waals surface area contributed by atoms with Crippen LogP contribution in [0.1, 0.15) is 0 Å². The van der Waals surface area contributed by atoms with Gasteiger partial charge in [-0.05, 0) is 22.0 Å². The zero-order chi connectivity index (χ0) is 10.8. The molecular weight excluding hydrogens is 278 g/mol. The molecule has 6 heteroatoms. The number of hydrogen-bond acceptors (Lipinski definition) is 5. The molecule has 0 aliphatic rings. The molecule has 0 aliphatic heterocycles. The van der Waals surface area contributed by atoms with E-state index in [-0.39, 0.29) is 0 Å². The summed E-state index contributed by atoms with van der Waals surface area (Å²) in [7, 11) is 1.58. The van der Waals surface area contributed by atoms with Gasteiger partial charge in [-0.15, -0.1) is 11.3 Å². The Morgan fingerprint density at radius 3 is 2.93 bits per heavy atom. The lowest BCUT2D eigenvalue weighted by atomic mass is 10.2. The summed E-state index contributed by atoms with van der Waals surface area (Å²) in [5.74, 6) is 0.545. The van der Waals surface area contributed by atoms with E-state index in [1.165, 1.54) is 11.3 Å². The summed E-state index contributed by atoms with van der Waals surface area (Å²) in [6, 6.07) is 1.90. The molecule has 2 aromatic rings. The van der Waals surface area contributed by atoms with Crippen LogP contribution in [-0.4, -0.2) is 17.1 Å². The number of methoxy groups -OCH3 is 1. The number of rotatable bonds is 2. The molecule has 2 rings (SSSR count). The minimum Gasteiger partial charge on any atom is -0.481 e. The minimum absolute atomic E-state index is 0.534. The molecule has 0 bridgehead atoms. The van der Waals surface area contributed by atoms with Crippen molar-refractivity contribution in [1.29, 1.82) is 0 Å². The molecule has 78 valence electrons. The van der Waals surface area contributed by atoms with Crippen LogP contribution in [0.2, 0.25) is 0 Å². The van der Waals surface area contributed by atoms with Gasteiger partial charge in [-0.1, -0.05) is 0 Å². The summed E-state index contributed by atoms with van der Waals surface area (Å²) in [5.41, 5.74) is 7.19. The highest BCUT2D eigenvalue weighted by Crippen LogP contribution is 2.31. The molecule has 2 aromatic heterocycles. The van der Waals surface area contributed by atoms with Crippen molar-refractivity contribution in [3.63, 3.8) is 0 Å². The molecule has 0 fully saturated rings. The van der Waals surface area contributed by atoms with Crippen LogP contribution in [0.5, 0.6) is 5.88 Å². The molecule has 0 saturated carbocycles. The van der Waals surface area contributed by atoms with Gasteiger partial charge in [-0.3, -0.25) is 0 Å². The van der Waals surface area contributed by atoms with Crippen LogP contribution in [0.15, 0.2) is 22.1 Å². The Kier molecular flexibility index (Phi) is 2.88. The van der Waals surface area contributed by atoms with Gasteiger partial charge in [0, 0.05) is 16.0 Å². The maximum Gasteiger partial charge on any atom is 0.222 e. The Balaban J connectivity index is 2.55. The lowest BCUT2D eigenvalue weighted by Crippen LogP contribution is -1.92. The minimum atomic E-state index is 0.534. The number of aromatic nitrogens is 2. The van der Waals surface area contributed by atoms with Gasteiger partial charge in [0.15, 0.2) is 5.13 Å². The number of nitrogens with zero attached hydrogens (tertiary/aromatic N) is 2. The first kappa shape index (κ1) is 10.4. The van der Waals surface area contributed by atoms with Gasteiger partial charge in [0.25, 0.3) is 0 Å². The second-order valence-corrected chi connectivity index (χ2v) is 4.59. The molecule has 0 unspecified atom stereocenters. The van der Waals surface area contributed by atoms with E-state index < -0.39 is 0 Å². The molecule has 2 heterocycles. The van der Waals surface area contributed by atoms with E-state index in [0.29, 0.717) is 11.0 Å². The fraction of sp³-hybridized carbons (Fsp3) is 0.111. The number of nitrogen functional groups attached to an aromatic ring is 1. The third-order valence-corrected chi connectivity index (χ3v) is 2.92. The van der Waals surface area contributed by atoms with Gasteiger partial charge < -0.3 is 10.5 Å². The van der Waals surface area contributed by atoms with E-state index in [2.05, 4.69) is 25.9 Å². The SMILES string of the molecule is COc1ncc(Br)cc1-c1csc(N)n1. The standard InChI is InChI=1S/C9H8BrN3OS/c1-14-8-6(2-5(10)3-12-8)7-4-15-9(11)13-7/h2-4H,1H3,(H2,11,13). The quantitative estimate of drug-likeness (QED) is 0.921. The summed E-state index contributed by atoms with van der Waals surface area (Å²) in [6.45, 7) is 0. The predicted octanol–water partition coefficient (Wildman–Crippen LogP) is 2.56. The average Bonchev–Trinajstić information content (AvgIpc) is 2.65. The average molecular weight is 286 g/mol. The monoisotopic (exact) mass is 285 g/mol. The number of halogens is 1. The smallest absolute Gasteiger partial charge is 0.222 e. The topological polar surface area (TPSA) is 61.0 Å². The van der Waals surface area contributed by atoms with E-state index in [9.17, 15) is 0 Å². The molecule has 0 spiro atoms. The number of pyridine rings is 1. The van der Waals surface area contributed by atoms with E-state index in [1.54, 1.807) is 13.3 Å². The van der Waals surface area contributed by atoms with Gasteiger partial charge >= 0.3 is 0 Å². The first-order chi connectivity index (χ1) is 7.20. The Morgan fingerprint density at radius 2 is 2.33 bits per heavy atom. The van der Waals surface area contributed by atoms with Crippen LogP contribution in [0.25, 0.3) is 11.3 Å². The molecule has 15 heavy (non-hydrogen) atoms. The van der Waals surface area contributed by atoms with Gasteiger partial charge in [0.2, 0.25) is 5.88 Å². The largest absolute Gasteiger partial charge is 0.481 e. The van der Waals surface area contributed by atoms with E-state index >= 15 is 0 Å². The molecule has 0 atom stereocenters. The Bertz CT molecular complexity index is 486. The van der Waals surface area contributed by atoms with Crippen LogP contribution < -0.4 is 10.5 Å². The first-order valence-corrected chi connectivity index (χ1v) is 5.79. The highest BCUT2D eigenvalue weighted by molar-refractivity contribution is 9.10. The molecule has 4 nitrogen and oxygen atoms in total. The van der Waals surface area contributed by atoms with E-state index in [4.69, 9.17) is 10.5 Å². The van der Waals surface area contributed by atoms with Crippen LogP contribution >= 0.6 is 27.3 Å². The second kappa shape index (κ2) is 4.16. The summed E-state index contributed by atoms with van der Waals surface area (Å²) in [6.07, 6.45) is 1.68. The van der Waals surface area contributed by atoms with Gasteiger partial charge in [-0.25, -0.2) is 9.97 Å². The zero-order valence-corrected chi connectivity index (χ0v) is 10.3. The lowest BCUT2D eigenvalue weighted by Gasteiger charge is -2.04. The predicted molar refractivity (Wildman–Crippen MR) is 64.0 cm³/mol. The molecule has 0 radical (unpaired) electrons.